The Hall–Kier alpha value is -0.870. The average molecular weight is 424 g/mol. The minimum absolute atomic E-state index is 0.215. The third-order valence-corrected chi connectivity index (χ3v) is 6.92. The number of rotatable bonds is 10. The summed E-state index contributed by atoms with van der Waals surface area (Å²) >= 11 is 6.82. The van der Waals surface area contributed by atoms with Crippen LogP contribution in [0.25, 0.3) is 0 Å². The maximum atomic E-state index is 12.1. The summed E-state index contributed by atoms with van der Waals surface area (Å²) in [6.45, 7) is 11.1. The molecule has 0 aliphatic rings. The highest BCUT2D eigenvalue weighted by atomic mass is 35.5. The Bertz CT molecular complexity index is 666. The van der Waals surface area contributed by atoms with Crippen LogP contribution in [0.15, 0.2) is 21.3 Å². The fourth-order valence-electron chi connectivity index (χ4n) is 2.52. The first-order chi connectivity index (χ1) is 12.2. The molecule has 10 heteroatoms. The normalized spacial score (nSPS) is 13.0. The van der Waals surface area contributed by atoms with Crippen LogP contribution in [0.4, 0.5) is 0 Å². The van der Waals surface area contributed by atoms with E-state index in [1.165, 1.54) is 6.07 Å². The second-order valence-electron chi connectivity index (χ2n) is 6.31. The molecule has 0 bridgehead atoms. The van der Waals surface area contributed by atoms with E-state index in [9.17, 15) is 8.42 Å². The molecule has 3 N–H and O–H groups in total. The molecule has 26 heavy (non-hydrogen) atoms. The molecule has 0 saturated heterocycles. The molecule has 0 aliphatic heterocycles. The molecule has 0 radical (unpaired) electrons. The van der Waals surface area contributed by atoms with Gasteiger partial charge < -0.3 is 10.6 Å². The zero-order chi connectivity index (χ0) is 19.7. The van der Waals surface area contributed by atoms with Gasteiger partial charge in [-0.25, -0.2) is 13.1 Å². The summed E-state index contributed by atoms with van der Waals surface area (Å²) in [5, 5.41) is 6.35. The molecule has 1 rings (SSSR count). The number of sulfonamides is 1. The largest absolute Gasteiger partial charge is 0.355 e. The maximum Gasteiger partial charge on any atom is 0.250 e. The van der Waals surface area contributed by atoms with E-state index in [1.54, 1.807) is 13.1 Å². The van der Waals surface area contributed by atoms with E-state index in [1.807, 2.05) is 0 Å². The van der Waals surface area contributed by atoms with Crippen LogP contribution >= 0.6 is 22.9 Å². The zero-order valence-electron chi connectivity index (χ0n) is 16.0. The molecule has 0 amide bonds. The van der Waals surface area contributed by atoms with Crippen molar-refractivity contribution in [1.82, 2.24) is 20.3 Å². The van der Waals surface area contributed by atoms with Gasteiger partial charge in [0.15, 0.2) is 5.96 Å². The Balaban J connectivity index is 2.34. The molecular weight excluding hydrogens is 394 g/mol. The van der Waals surface area contributed by atoms with E-state index in [-0.39, 0.29) is 10.8 Å². The monoisotopic (exact) mass is 423 g/mol. The van der Waals surface area contributed by atoms with Crippen LogP contribution in [0, 0.1) is 0 Å². The minimum atomic E-state index is -3.51. The van der Waals surface area contributed by atoms with Crippen molar-refractivity contribution in [3.8, 4) is 0 Å². The summed E-state index contributed by atoms with van der Waals surface area (Å²) in [7, 11) is -1.82. The van der Waals surface area contributed by atoms with E-state index < -0.39 is 10.0 Å². The highest BCUT2D eigenvalue weighted by Gasteiger charge is 2.16. The van der Waals surface area contributed by atoms with Crippen LogP contribution in [0.3, 0.4) is 0 Å². The van der Waals surface area contributed by atoms with Crippen molar-refractivity contribution in [1.29, 1.82) is 0 Å². The predicted octanol–water partition coefficient (Wildman–Crippen LogP) is 1.96. The fourth-order valence-corrected chi connectivity index (χ4v) is 5.08. The van der Waals surface area contributed by atoms with Gasteiger partial charge >= 0.3 is 0 Å². The van der Waals surface area contributed by atoms with Crippen LogP contribution in [0.2, 0.25) is 4.34 Å². The third kappa shape index (κ3) is 7.79. The van der Waals surface area contributed by atoms with Crippen LogP contribution in [-0.2, 0) is 10.0 Å². The Labute approximate surface area is 166 Å². The number of nitrogens with zero attached hydrogens (tertiary/aromatic N) is 2. The van der Waals surface area contributed by atoms with Gasteiger partial charge in [-0.15, -0.1) is 11.3 Å². The van der Waals surface area contributed by atoms with Crippen molar-refractivity contribution in [2.75, 3.05) is 33.2 Å². The first-order valence-corrected chi connectivity index (χ1v) is 11.3. The highest BCUT2D eigenvalue weighted by Crippen LogP contribution is 2.25. The summed E-state index contributed by atoms with van der Waals surface area (Å²) in [5.41, 5.74) is 0. The van der Waals surface area contributed by atoms with E-state index in [0.717, 1.165) is 24.4 Å². The Morgan fingerprint density at radius 2 is 1.77 bits per heavy atom. The molecule has 1 aromatic heterocycles. The van der Waals surface area contributed by atoms with E-state index in [0.29, 0.717) is 28.9 Å². The van der Waals surface area contributed by atoms with Crippen molar-refractivity contribution >= 4 is 38.9 Å². The molecule has 0 spiro atoms. The molecule has 0 fully saturated rings. The summed E-state index contributed by atoms with van der Waals surface area (Å²) in [6, 6.07) is 4.03. The van der Waals surface area contributed by atoms with Crippen molar-refractivity contribution < 1.29 is 8.42 Å². The average Bonchev–Trinajstić information content (AvgIpc) is 3.00. The minimum Gasteiger partial charge on any atom is -0.355 e. The van der Waals surface area contributed by atoms with E-state index in [4.69, 9.17) is 11.6 Å². The summed E-state index contributed by atoms with van der Waals surface area (Å²) in [4.78, 5) is 6.54. The van der Waals surface area contributed by atoms with Crippen LogP contribution < -0.4 is 15.4 Å². The van der Waals surface area contributed by atoms with Gasteiger partial charge in [0.25, 0.3) is 0 Å². The zero-order valence-corrected chi connectivity index (χ0v) is 18.4. The number of hydrogen-bond acceptors (Lipinski definition) is 5. The van der Waals surface area contributed by atoms with Crippen LogP contribution in [0.1, 0.15) is 27.7 Å². The van der Waals surface area contributed by atoms with Gasteiger partial charge in [0.05, 0.1) is 4.34 Å². The molecule has 1 heterocycles. The lowest BCUT2D eigenvalue weighted by molar-refractivity contribution is 0.178. The molecule has 0 unspecified atom stereocenters. The van der Waals surface area contributed by atoms with Gasteiger partial charge in [-0.1, -0.05) is 11.6 Å². The van der Waals surface area contributed by atoms with Gasteiger partial charge in [0.2, 0.25) is 10.0 Å². The number of guanidine groups is 1. The van der Waals surface area contributed by atoms with E-state index >= 15 is 0 Å². The van der Waals surface area contributed by atoms with E-state index in [2.05, 4.69) is 52.9 Å². The number of hydrogen-bond donors (Lipinski definition) is 3. The lowest BCUT2D eigenvalue weighted by atomic mass is 10.2. The van der Waals surface area contributed by atoms with Crippen LogP contribution in [-0.4, -0.2) is 64.6 Å². The second-order valence-corrected chi connectivity index (χ2v) is 10.0. The van der Waals surface area contributed by atoms with Gasteiger partial charge in [0.1, 0.15) is 4.21 Å². The SMILES string of the molecule is CN=C(NCCNS(=O)(=O)c1ccc(Cl)s1)NCCN(C(C)C)C(C)C. The smallest absolute Gasteiger partial charge is 0.250 e. The van der Waals surface area contributed by atoms with Gasteiger partial charge in [-0.05, 0) is 39.8 Å². The third-order valence-electron chi connectivity index (χ3n) is 3.74. The Morgan fingerprint density at radius 1 is 1.15 bits per heavy atom. The lowest BCUT2D eigenvalue weighted by Crippen LogP contribution is -2.46. The molecule has 1 aromatic rings. The number of thiophene rings is 1. The first-order valence-electron chi connectivity index (χ1n) is 8.62. The van der Waals surface area contributed by atoms with Gasteiger partial charge in [0, 0.05) is 45.3 Å². The number of aliphatic imine (C=N–C) groups is 1. The molecule has 0 aromatic carbocycles. The van der Waals surface area contributed by atoms with Crippen molar-refractivity contribution in [2.24, 2.45) is 4.99 Å². The molecular formula is C16H30ClN5O2S2. The van der Waals surface area contributed by atoms with Crippen molar-refractivity contribution in [2.45, 2.75) is 44.0 Å². The quantitative estimate of drug-likeness (QED) is 0.304. The number of halogens is 1. The first kappa shape index (κ1) is 23.2. The van der Waals surface area contributed by atoms with Crippen molar-refractivity contribution in [3.05, 3.63) is 16.5 Å². The highest BCUT2D eigenvalue weighted by molar-refractivity contribution is 7.91. The fraction of sp³-hybridized carbons (Fsp3) is 0.688. The standard InChI is InChI=1S/C16H30ClN5O2S2/c1-12(2)22(13(3)4)11-10-20-16(18-5)19-8-9-21-26(23,24)15-7-6-14(17)25-15/h6-7,12-13,21H,8-11H2,1-5H3,(H2,18,19,20). The lowest BCUT2D eigenvalue weighted by Gasteiger charge is -2.30. The van der Waals surface area contributed by atoms with Crippen LogP contribution in [0.5, 0.6) is 0 Å². The molecule has 0 aliphatic carbocycles. The predicted molar refractivity (Wildman–Crippen MR) is 111 cm³/mol. The summed E-state index contributed by atoms with van der Waals surface area (Å²) in [5.74, 6) is 0.649. The summed E-state index contributed by atoms with van der Waals surface area (Å²) < 4.78 is 27.4. The second kappa shape index (κ2) is 11.1. The molecule has 0 atom stereocenters. The number of nitrogens with one attached hydrogen (secondary N) is 3. The van der Waals surface area contributed by atoms with Gasteiger partial charge in [-0.3, -0.25) is 9.89 Å². The topological polar surface area (TPSA) is 85.8 Å². The maximum absolute atomic E-state index is 12.1. The Morgan fingerprint density at radius 3 is 2.27 bits per heavy atom. The molecule has 0 saturated carbocycles. The van der Waals surface area contributed by atoms with Crippen molar-refractivity contribution in [3.63, 3.8) is 0 Å². The molecule has 7 nitrogen and oxygen atoms in total. The van der Waals surface area contributed by atoms with Gasteiger partial charge in [-0.2, -0.15) is 0 Å². The Kier molecular flexibility index (Phi) is 9.88. The summed E-state index contributed by atoms with van der Waals surface area (Å²) in [6.07, 6.45) is 0. The molecule has 150 valence electrons.